The van der Waals surface area contributed by atoms with Gasteiger partial charge in [0, 0.05) is 25.7 Å². The zero-order chi connectivity index (χ0) is 13.2. The van der Waals surface area contributed by atoms with Gasteiger partial charge in [-0.2, -0.15) is 0 Å². The number of rotatable bonds is 3. The largest absolute Gasteiger partial charge is 0.393 e. The molecule has 1 N–H and O–H groups in total. The molecule has 4 nitrogen and oxygen atoms in total. The van der Waals surface area contributed by atoms with E-state index in [9.17, 15) is 5.11 Å². The lowest BCUT2D eigenvalue weighted by atomic mass is 9.97. The summed E-state index contributed by atoms with van der Waals surface area (Å²) in [7, 11) is 0. The Bertz CT molecular complexity index is 523. The molecule has 2 unspecified atom stereocenters. The Kier molecular flexibility index (Phi) is 3.68. The number of hydrogen-bond acceptors (Lipinski definition) is 5. The summed E-state index contributed by atoms with van der Waals surface area (Å²) in [5.41, 5.74) is 0.965. The smallest absolute Gasteiger partial charge is 0.177 e. The zero-order valence-corrected chi connectivity index (χ0v) is 11.8. The van der Waals surface area contributed by atoms with Crippen molar-refractivity contribution in [3.8, 4) is 10.6 Å². The van der Waals surface area contributed by atoms with E-state index in [-0.39, 0.29) is 6.10 Å². The molecule has 1 aliphatic heterocycles. The van der Waals surface area contributed by atoms with Gasteiger partial charge in [-0.3, -0.25) is 4.90 Å². The highest BCUT2D eigenvalue weighted by molar-refractivity contribution is 7.13. The van der Waals surface area contributed by atoms with Crippen molar-refractivity contribution in [2.45, 2.75) is 26.0 Å². The van der Waals surface area contributed by atoms with Crippen LogP contribution in [-0.2, 0) is 6.54 Å². The quantitative estimate of drug-likeness (QED) is 0.937. The minimum absolute atomic E-state index is 0.157. The van der Waals surface area contributed by atoms with Crippen molar-refractivity contribution in [2.24, 2.45) is 5.92 Å². The van der Waals surface area contributed by atoms with Crippen LogP contribution in [0.2, 0.25) is 0 Å². The van der Waals surface area contributed by atoms with E-state index in [1.807, 2.05) is 23.6 Å². The van der Waals surface area contributed by atoms with Crippen LogP contribution in [-0.4, -0.2) is 34.4 Å². The van der Waals surface area contributed by atoms with Gasteiger partial charge >= 0.3 is 0 Å². The first-order valence-electron chi connectivity index (χ1n) is 6.62. The molecular weight excluding hydrogens is 260 g/mol. The third-order valence-electron chi connectivity index (χ3n) is 3.65. The van der Waals surface area contributed by atoms with Crippen molar-refractivity contribution >= 4 is 11.3 Å². The molecule has 0 radical (unpaired) electrons. The molecular formula is C14H18N2O2S. The number of aliphatic hydroxyl groups excluding tert-OH is 1. The number of aromatic nitrogens is 1. The Morgan fingerprint density at radius 2 is 2.47 bits per heavy atom. The Balaban J connectivity index is 1.64. The van der Waals surface area contributed by atoms with Gasteiger partial charge < -0.3 is 9.63 Å². The Hall–Kier alpha value is -1.17. The zero-order valence-electron chi connectivity index (χ0n) is 11.0. The second-order valence-electron chi connectivity index (χ2n) is 5.23. The molecule has 3 heterocycles. The number of thiophene rings is 1. The van der Waals surface area contributed by atoms with E-state index in [2.05, 4.69) is 17.0 Å². The normalized spacial score (nSPS) is 24.7. The lowest BCUT2D eigenvalue weighted by Crippen LogP contribution is -2.41. The molecule has 0 saturated carbocycles. The van der Waals surface area contributed by atoms with Gasteiger partial charge in [-0.1, -0.05) is 18.1 Å². The highest BCUT2D eigenvalue weighted by atomic mass is 32.1. The summed E-state index contributed by atoms with van der Waals surface area (Å²) < 4.78 is 5.38. The molecule has 0 spiro atoms. The summed E-state index contributed by atoms with van der Waals surface area (Å²) in [5.74, 6) is 1.17. The van der Waals surface area contributed by atoms with Crippen LogP contribution in [0.4, 0.5) is 0 Å². The molecule has 102 valence electrons. The van der Waals surface area contributed by atoms with Gasteiger partial charge in [0.15, 0.2) is 5.76 Å². The lowest BCUT2D eigenvalue weighted by Gasteiger charge is -2.33. The van der Waals surface area contributed by atoms with Crippen LogP contribution < -0.4 is 0 Å². The van der Waals surface area contributed by atoms with Gasteiger partial charge in [-0.05, 0) is 23.8 Å². The van der Waals surface area contributed by atoms with Crippen molar-refractivity contribution in [2.75, 3.05) is 13.1 Å². The van der Waals surface area contributed by atoms with Crippen LogP contribution in [0.1, 0.15) is 19.0 Å². The van der Waals surface area contributed by atoms with E-state index < -0.39 is 0 Å². The maximum Gasteiger partial charge on any atom is 0.177 e. The van der Waals surface area contributed by atoms with Gasteiger partial charge in [0.1, 0.15) is 0 Å². The van der Waals surface area contributed by atoms with Crippen molar-refractivity contribution in [1.29, 1.82) is 0 Å². The number of hydrogen-bond donors (Lipinski definition) is 1. The summed E-state index contributed by atoms with van der Waals surface area (Å²) in [6.45, 7) is 4.73. The van der Waals surface area contributed by atoms with Gasteiger partial charge in [-0.15, -0.1) is 11.3 Å². The topological polar surface area (TPSA) is 49.5 Å². The van der Waals surface area contributed by atoms with Gasteiger partial charge in [0.25, 0.3) is 0 Å². The van der Waals surface area contributed by atoms with Crippen LogP contribution in [0, 0.1) is 5.92 Å². The SMILES string of the molecule is CC1CN(Cc2cc(-c3cccs3)on2)CCC1O. The van der Waals surface area contributed by atoms with E-state index in [1.54, 1.807) is 11.3 Å². The summed E-state index contributed by atoms with van der Waals surface area (Å²) in [5, 5.41) is 15.9. The summed E-state index contributed by atoms with van der Waals surface area (Å²) in [4.78, 5) is 3.44. The molecule has 1 aliphatic rings. The maximum absolute atomic E-state index is 9.73. The number of aliphatic hydroxyl groups is 1. The fourth-order valence-electron chi connectivity index (χ4n) is 2.51. The molecule has 1 saturated heterocycles. The standard InChI is InChI=1S/C14H18N2O2S/c1-10-8-16(5-4-12(10)17)9-11-7-13(18-15-11)14-3-2-6-19-14/h2-3,6-7,10,12,17H,4-5,8-9H2,1H3. The molecule has 2 atom stereocenters. The summed E-state index contributed by atoms with van der Waals surface area (Å²) in [6.07, 6.45) is 0.687. The molecule has 1 fully saturated rings. The van der Waals surface area contributed by atoms with Crippen molar-refractivity contribution in [3.05, 3.63) is 29.3 Å². The molecule has 0 aliphatic carbocycles. The molecule has 0 amide bonds. The first kappa shape index (κ1) is 12.8. The van der Waals surface area contributed by atoms with Crippen LogP contribution in [0.25, 0.3) is 10.6 Å². The Morgan fingerprint density at radius 1 is 1.58 bits per heavy atom. The predicted octanol–water partition coefficient (Wildman–Crippen LogP) is 2.61. The summed E-state index contributed by atoms with van der Waals surface area (Å²) in [6, 6.07) is 6.06. The minimum atomic E-state index is -0.157. The average molecular weight is 278 g/mol. The summed E-state index contributed by atoms with van der Waals surface area (Å²) >= 11 is 1.66. The molecule has 5 heteroatoms. The highest BCUT2D eigenvalue weighted by Crippen LogP contribution is 2.26. The molecule has 3 rings (SSSR count). The minimum Gasteiger partial charge on any atom is -0.393 e. The Labute approximate surface area is 116 Å². The molecule has 0 bridgehead atoms. The van der Waals surface area contributed by atoms with Crippen LogP contribution in [0.3, 0.4) is 0 Å². The van der Waals surface area contributed by atoms with Crippen molar-refractivity contribution in [1.82, 2.24) is 10.1 Å². The number of nitrogens with zero attached hydrogens (tertiary/aromatic N) is 2. The molecule has 2 aromatic heterocycles. The number of piperidine rings is 1. The lowest BCUT2D eigenvalue weighted by molar-refractivity contribution is 0.0312. The third kappa shape index (κ3) is 2.88. The van der Waals surface area contributed by atoms with E-state index >= 15 is 0 Å². The number of likely N-dealkylation sites (tertiary alicyclic amines) is 1. The van der Waals surface area contributed by atoms with Gasteiger partial charge in [-0.25, -0.2) is 0 Å². The second kappa shape index (κ2) is 5.45. The van der Waals surface area contributed by atoms with Crippen molar-refractivity contribution < 1.29 is 9.63 Å². The molecule has 2 aromatic rings. The van der Waals surface area contributed by atoms with Crippen LogP contribution >= 0.6 is 11.3 Å². The maximum atomic E-state index is 9.73. The molecule has 0 aromatic carbocycles. The first-order valence-corrected chi connectivity index (χ1v) is 7.50. The fourth-order valence-corrected chi connectivity index (χ4v) is 3.19. The van der Waals surface area contributed by atoms with E-state index in [1.165, 1.54) is 0 Å². The van der Waals surface area contributed by atoms with E-state index in [4.69, 9.17) is 4.52 Å². The second-order valence-corrected chi connectivity index (χ2v) is 6.18. The van der Waals surface area contributed by atoms with Gasteiger partial charge in [0.05, 0.1) is 16.7 Å². The van der Waals surface area contributed by atoms with Gasteiger partial charge in [0.2, 0.25) is 0 Å². The van der Waals surface area contributed by atoms with E-state index in [0.29, 0.717) is 5.92 Å². The van der Waals surface area contributed by atoms with Crippen molar-refractivity contribution in [3.63, 3.8) is 0 Å². The first-order chi connectivity index (χ1) is 9.22. The monoisotopic (exact) mass is 278 g/mol. The van der Waals surface area contributed by atoms with E-state index in [0.717, 1.165) is 42.4 Å². The Morgan fingerprint density at radius 3 is 3.21 bits per heavy atom. The predicted molar refractivity (Wildman–Crippen MR) is 74.9 cm³/mol. The highest BCUT2D eigenvalue weighted by Gasteiger charge is 2.24. The van der Waals surface area contributed by atoms with Crippen LogP contribution in [0.5, 0.6) is 0 Å². The average Bonchev–Trinajstić information content (AvgIpc) is 3.04. The fraction of sp³-hybridized carbons (Fsp3) is 0.500. The van der Waals surface area contributed by atoms with Crippen LogP contribution in [0.15, 0.2) is 28.1 Å². The third-order valence-corrected chi connectivity index (χ3v) is 4.54. The molecule has 19 heavy (non-hydrogen) atoms.